The minimum absolute atomic E-state index is 0.302. The minimum Gasteiger partial charge on any atom is -0.495 e. The molecule has 0 unspecified atom stereocenters. The van der Waals surface area contributed by atoms with Gasteiger partial charge in [-0.3, -0.25) is 4.90 Å². The summed E-state index contributed by atoms with van der Waals surface area (Å²) in [6.45, 7) is 13.9. The average Bonchev–Trinajstić information content (AvgIpc) is 3.42. The van der Waals surface area contributed by atoms with E-state index < -0.39 is 11.7 Å². The summed E-state index contributed by atoms with van der Waals surface area (Å²) in [5.41, 5.74) is 3.99. The molecule has 226 valence electrons. The molecule has 1 aromatic carbocycles. The van der Waals surface area contributed by atoms with Crippen LogP contribution in [-0.4, -0.2) is 66.1 Å². The molecule has 3 heterocycles. The summed E-state index contributed by atoms with van der Waals surface area (Å²) in [5, 5.41) is 0. The van der Waals surface area contributed by atoms with E-state index in [-0.39, 0.29) is 0 Å². The number of fused-ring (bicyclic) bond motifs is 1. The third-order valence-corrected chi connectivity index (χ3v) is 5.99. The predicted molar refractivity (Wildman–Crippen MR) is 167 cm³/mol. The minimum atomic E-state index is -0.638. The molecule has 0 radical (unpaired) electrons. The number of hydrogen-bond acceptors (Lipinski definition) is 7. The quantitative estimate of drug-likeness (QED) is 0.164. The number of benzene rings is 1. The molecule has 0 saturated heterocycles. The van der Waals surface area contributed by atoms with Gasteiger partial charge in [0.15, 0.2) is 0 Å². The van der Waals surface area contributed by atoms with Crippen LogP contribution >= 0.6 is 0 Å². The highest BCUT2D eigenvalue weighted by Gasteiger charge is 2.24. The van der Waals surface area contributed by atoms with Crippen molar-refractivity contribution in [2.75, 3.05) is 45.0 Å². The van der Waals surface area contributed by atoms with Gasteiger partial charge in [-0.15, -0.1) is 0 Å². The zero-order valence-corrected chi connectivity index (χ0v) is 25.9. The first-order valence-corrected chi connectivity index (χ1v) is 14.5. The molecule has 0 saturated carbocycles. The molecule has 3 aromatic heterocycles. The van der Waals surface area contributed by atoms with Crippen molar-refractivity contribution in [3.05, 3.63) is 67.1 Å². The van der Waals surface area contributed by atoms with Crippen molar-refractivity contribution in [3.63, 3.8) is 0 Å². The second kappa shape index (κ2) is 15.9. The Morgan fingerprint density at radius 1 is 0.881 bits per heavy atom. The number of ether oxygens (including phenoxy) is 4. The molecule has 0 aliphatic rings. The molecule has 9 nitrogen and oxygen atoms in total. The van der Waals surface area contributed by atoms with Crippen molar-refractivity contribution in [3.8, 4) is 28.1 Å². The van der Waals surface area contributed by atoms with Gasteiger partial charge in [-0.05, 0) is 62.6 Å². The molecule has 4 aromatic rings. The standard InChI is InChI=1S/C31H38N4O5.C2H6/c1-6-16-38-18-19-39-17-15-35(30(36)40-31(2,3)4)29-20-25(13-14-32-29)23-7-9-24(10-8-23)27-22-34-21-26(37-5)11-12-28(34)33-27;1-2/h7-14,20-22H,6,15-19H2,1-5H3;1-2H3. The summed E-state index contributed by atoms with van der Waals surface area (Å²) in [6, 6.07) is 15.8. The molecule has 1 amide bonds. The van der Waals surface area contributed by atoms with E-state index in [4.69, 9.17) is 23.9 Å². The van der Waals surface area contributed by atoms with E-state index in [9.17, 15) is 4.79 Å². The number of rotatable bonds is 12. The van der Waals surface area contributed by atoms with Crippen molar-refractivity contribution in [1.82, 2.24) is 14.4 Å². The Labute approximate surface area is 249 Å². The number of carbonyl (C=O) groups is 1. The smallest absolute Gasteiger partial charge is 0.416 e. The molecule has 4 rings (SSSR count). The van der Waals surface area contributed by atoms with E-state index in [1.165, 1.54) is 4.90 Å². The van der Waals surface area contributed by atoms with Gasteiger partial charge in [0.25, 0.3) is 0 Å². The molecule has 0 N–H and O–H groups in total. The lowest BCUT2D eigenvalue weighted by atomic mass is 10.0. The number of pyridine rings is 2. The van der Waals surface area contributed by atoms with Crippen LogP contribution in [0.4, 0.5) is 10.6 Å². The Morgan fingerprint density at radius 3 is 2.24 bits per heavy atom. The molecule has 0 aliphatic carbocycles. The van der Waals surface area contributed by atoms with Crippen molar-refractivity contribution in [2.24, 2.45) is 0 Å². The Morgan fingerprint density at radius 2 is 1.57 bits per heavy atom. The van der Waals surface area contributed by atoms with Gasteiger partial charge < -0.3 is 23.3 Å². The van der Waals surface area contributed by atoms with Crippen LogP contribution in [0.15, 0.2) is 67.1 Å². The molecule has 0 spiro atoms. The Bertz CT molecular complexity index is 1400. The second-order valence-electron chi connectivity index (χ2n) is 10.3. The fourth-order valence-corrected chi connectivity index (χ4v) is 4.05. The van der Waals surface area contributed by atoms with Crippen molar-refractivity contribution >= 4 is 17.6 Å². The van der Waals surface area contributed by atoms with Crippen LogP contribution in [0.25, 0.3) is 28.0 Å². The van der Waals surface area contributed by atoms with Crippen LogP contribution < -0.4 is 9.64 Å². The van der Waals surface area contributed by atoms with Crippen molar-refractivity contribution in [2.45, 2.75) is 53.6 Å². The van der Waals surface area contributed by atoms with Crippen LogP contribution in [0.3, 0.4) is 0 Å². The number of aromatic nitrogens is 3. The summed E-state index contributed by atoms with van der Waals surface area (Å²) in [4.78, 5) is 23.8. The van der Waals surface area contributed by atoms with Gasteiger partial charge in [-0.1, -0.05) is 45.0 Å². The normalized spacial score (nSPS) is 11.1. The van der Waals surface area contributed by atoms with Gasteiger partial charge in [-0.2, -0.15) is 0 Å². The fourth-order valence-electron chi connectivity index (χ4n) is 4.05. The summed E-state index contributed by atoms with van der Waals surface area (Å²) in [5.74, 6) is 1.27. The molecule has 0 aliphatic heterocycles. The first-order chi connectivity index (χ1) is 20.3. The maximum atomic E-state index is 13.1. The fraction of sp³-hybridized carbons (Fsp3) is 0.424. The number of hydrogen-bond donors (Lipinski definition) is 0. The van der Waals surface area contributed by atoms with Gasteiger partial charge in [-0.25, -0.2) is 14.8 Å². The maximum absolute atomic E-state index is 13.1. The molecule has 9 heteroatoms. The highest BCUT2D eigenvalue weighted by atomic mass is 16.6. The Balaban J connectivity index is 0.00000237. The van der Waals surface area contributed by atoms with Gasteiger partial charge >= 0.3 is 6.09 Å². The van der Waals surface area contributed by atoms with Crippen LogP contribution in [0, 0.1) is 0 Å². The third-order valence-electron chi connectivity index (χ3n) is 5.99. The van der Waals surface area contributed by atoms with E-state index in [1.807, 2.05) is 99.9 Å². The number of nitrogens with zero attached hydrogens (tertiary/aromatic N) is 4. The Hall–Kier alpha value is -3.95. The van der Waals surface area contributed by atoms with Gasteiger partial charge in [0.05, 0.1) is 45.4 Å². The average molecular weight is 577 g/mol. The van der Waals surface area contributed by atoms with E-state index in [0.29, 0.717) is 38.8 Å². The maximum Gasteiger partial charge on any atom is 0.416 e. The van der Waals surface area contributed by atoms with E-state index in [2.05, 4.69) is 11.9 Å². The lowest BCUT2D eigenvalue weighted by Gasteiger charge is -2.27. The number of methoxy groups -OCH3 is 1. The van der Waals surface area contributed by atoms with Crippen LogP contribution in [0.2, 0.25) is 0 Å². The summed E-state index contributed by atoms with van der Waals surface area (Å²) in [7, 11) is 1.65. The predicted octanol–water partition coefficient (Wildman–Crippen LogP) is 7.28. The number of amides is 1. The van der Waals surface area contributed by atoms with Crippen molar-refractivity contribution < 1.29 is 23.7 Å². The van der Waals surface area contributed by atoms with Gasteiger partial charge in [0, 0.05) is 24.6 Å². The van der Waals surface area contributed by atoms with E-state index in [0.717, 1.165) is 40.2 Å². The third kappa shape index (κ3) is 9.29. The highest BCUT2D eigenvalue weighted by molar-refractivity contribution is 5.87. The number of imidazole rings is 1. The Kier molecular flexibility index (Phi) is 12.3. The lowest BCUT2D eigenvalue weighted by Crippen LogP contribution is -2.39. The SMILES string of the molecule is CC.CCCOCCOCCN(C(=O)OC(C)(C)C)c1cc(-c2ccc(-c3cn4cc(OC)ccc4n3)cc2)ccn1. The summed E-state index contributed by atoms with van der Waals surface area (Å²) >= 11 is 0. The molecule has 0 fully saturated rings. The summed E-state index contributed by atoms with van der Waals surface area (Å²) < 4.78 is 24.1. The van der Waals surface area contributed by atoms with E-state index >= 15 is 0 Å². The zero-order chi connectivity index (χ0) is 30.5. The van der Waals surface area contributed by atoms with Crippen LogP contribution in [0.5, 0.6) is 5.75 Å². The first kappa shape index (κ1) is 32.6. The molecule has 0 bridgehead atoms. The highest BCUT2D eigenvalue weighted by Crippen LogP contribution is 2.28. The molecule has 42 heavy (non-hydrogen) atoms. The van der Waals surface area contributed by atoms with Gasteiger partial charge in [0.1, 0.15) is 22.8 Å². The molecular weight excluding hydrogens is 532 g/mol. The van der Waals surface area contributed by atoms with Crippen molar-refractivity contribution in [1.29, 1.82) is 0 Å². The molecule has 0 atom stereocenters. The van der Waals surface area contributed by atoms with Crippen LogP contribution in [0.1, 0.15) is 48.0 Å². The molecular formula is C33H44N4O5. The van der Waals surface area contributed by atoms with Gasteiger partial charge in [0.2, 0.25) is 0 Å². The lowest BCUT2D eigenvalue weighted by molar-refractivity contribution is 0.0446. The zero-order valence-electron chi connectivity index (χ0n) is 25.9. The first-order valence-electron chi connectivity index (χ1n) is 14.5. The van der Waals surface area contributed by atoms with Crippen LogP contribution in [-0.2, 0) is 14.2 Å². The number of anilines is 1. The topological polar surface area (TPSA) is 87.4 Å². The largest absolute Gasteiger partial charge is 0.495 e. The number of carbonyl (C=O) groups excluding carboxylic acids is 1. The monoisotopic (exact) mass is 576 g/mol. The van der Waals surface area contributed by atoms with E-state index in [1.54, 1.807) is 13.3 Å². The summed E-state index contributed by atoms with van der Waals surface area (Å²) in [6.07, 6.45) is 6.08. The second-order valence-corrected chi connectivity index (χ2v) is 10.3.